The van der Waals surface area contributed by atoms with Gasteiger partial charge < -0.3 is 10.1 Å². The topological polar surface area (TPSA) is 97.0 Å². The van der Waals surface area contributed by atoms with E-state index in [0.29, 0.717) is 0 Å². The summed E-state index contributed by atoms with van der Waals surface area (Å²) in [6.45, 7) is 9.20. The Morgan fingerprint density at radius 3 is 2.55 bits per heavy atom. The molecule has 0 fully saturated rings. The molecule has 0 saturated carbocycles. The Bertz CT molecular complexity index is 451. The number of esters is 1. The number of nitrogens with one attached hydrogen (secondary N) is 2. The van der Waals surface area contributed by atoms with Crippen LogP contribution in [-0.4, -0.2) is 38.9 Å². The molecule has 0 saturated heterocycles. The number of ether oxygens (including phenoxy) is 1. The predicted molar refractivity (Wildman–Crippen MR) is 72.9 cm³/mol. The van der Waals surface area contributed by atoms with Gasteiger partial charge >= 0.3 is 5.97 Å². The predicted octanol–water partition coefficient (Wildman–Crippen LogP) is 1.29. The van der Waals surface area contributed by atoms with Gasteiger partial charge in [-0.15, -0.1) is 0 Å². The Kier molecular flexibility index (Phi) is 5.24. The fraction of sp³-hybridized carbons (Fsp3) is 0.692. The summed E-state index contributed by atoms with van der Waals surface area (Å²) < 4.78 is 5.34. The van der Waals surface area contributed by atoms with Crippen molar-refractivity contribution >= 4 is 11.9 Å². The van der Waals surface area contributed by atoms with E-state index in [4.69, 9.17) is 4.74 Å². The van der Waals surface area contributed by atoms with E-state index in [1.807, 2.05) is 13.8 Å². The average Bonchev–Trinajstić information content (AvgIpc) is 2.86. The summed E-state index contributed by atoms with van der Waals surface area (Å²) in [4.78, 5) is 24.1. The van der Waals surface area contributed by atoms with Crippen molar-refractivity contribution in [2.24, 2.45) is 5.92 Å². The van der Waals surface area contributed by atoms with Gasteiger partial charge in [0, 0.05) is 0 Å². The van der Waals surface area contributed by atoms with E-state index in [1.165, 1.54) is 6.20 Å². The third kappa shape index (κ3) is 4.64. The van der Waals surface area contributed by atoms with Crippen molar-refractivity contribution in [1.29, 1.82) is 0 Å². The number of H-pyrrole nitrogens is 1. The molecule has 0 aromatic carbocycles. The highest BCUT2D eigenvalue weighted by Gasteiger charge is 2.31. The summed E-state index contributed by atoms with van der Waals surface area (Å²) in [6.07, 6.45) is 2.04. The van der Waals surface area contributed by atoms with Crippen LogP contribution in [-0.2, 0) is 9.53 Å². The molecule has 0 spiro atoms. The second-order valence-corrected chi connectivity index (χ2v) is 5.73. The van der Waals surface area contributed by atoms with Crippen molar-refractivity contribution in [3.8, 4) is 0 Å². The number of carbonyl (C=O) groups is 2. The first-order valence-electron chi connectivity index (χ1n) is 6.64. The van der Waals surface area contributed by atoms with Crippen molar-refractivity contribution in [2.45, 2.75) is 52.7 Å². The van der Waals surface area contributed by atoms with Gasteiger partial charge in [-0.05, 0) is 26.7 Å². The fourth-order valence-electron chi connectivity index (χ4n) is 1.56. The van der Waals surface area contributed by atoms with E-state index in [1.54, 1.807) is 20.8 Å². The number of rotatable bonds is 5. The van der Waals surface area contributed by atoms with Gasteiger partial charge in [0.05, 0.1) is 6.20 Å². The van der Waals surface area contributed by atoms with Crippen LogP contribution < -0.4 is 5.32 Å². The zero-order valence-electron chi connectivity index (χ0n) is 12.6. The van der Waals surface area contributed by atoms with Gasteiger partial charge in [0.15, 0.2) is 5.69 Å². The van der Waals surface area contributed by atoms with E-state index in [9.17, 15) is 9.59 Å². The summed E-state index contributed by atoms with van der Waals surface area (Å²) in [5.74, 6) is -0.931. The van der Waals surface area contributed by atoms with Crippen molar-refractivity contribution < 1.29 is 14.3 Å². The maximum absolute atomic E-state index is 12.2. The fourth-order valence-corrected chi connectivity index (χ4v) is 1.56. The van der Waals surface area contributed by atoms with Gasteiger partial charge in [0.1, 0.15) is 11.6 Å². The van der Waals surface area contributed by atoms with E-state index < -0.39 is 23.5 Å². The number of hydrogen-bond donors (Lipinski definition) is 2. The van der Waals surface area contributed by atoms with E-state index in [-0.39, 0.29) is 11.6 Å². The second kappa shape index (κ2) is 6.49. The SMILES string of the molecule is CC[C@H](C)[C@H](NC(=O)c1cn[nH]n1)C(=O)OC(C)(C)C. The molecule has 0 aliphatic carbocycles. The molecule has 1 aromatic heterocycles. The summed E-state index contributed by atoms with van der Waals surface area (Å²) in [5.41, 5.74) is -0.455. The Labute approximate surface area is 118 Å². The molecule has 20 heavy (non-hydrogen) atoms. The van der Waals surface area contributed by atoms with Crippen LogP contribution >= 0.6 is 0 Å². The molecule has 2 atom stereocenters. The number of amides is 1. The van der Waals surface area contributed by atoms with Crippen LogP contribution in [0.1, 0.15) is 51.5 Å². The maximum Gasteiger partial charge on any atom is 0.329 e. The molecular weight excluding hydrogens is 260 g/mol. The standard InChI is InChI=1S/C13H22N4O3/c1-6-8(2)10(12(19)20-13(3,4)5)15-11(18)9-7-14-17-16-9/h7-8,10H,6H2,1-5H3,(H,15,18)(H,14,16,17)/t8-,10-/m0/s1. The molecule has 0 unspecified atom stereocenters. The lowest BCUT2D eigenvalue weighted by Gasteiger charge is -2.27. The first-order valence-corrected chi connectivity index (χ1v) is 6.64. The Morgan fingerprint density at radius 2 is 2.10 bits per heavy atom. The zero-order chi connectivity index (χ0) is 15.3. The third-order valence-corrected chi connectivity index (χ3v) is 2.81. The third-order valence-electron chi connectivity index (χ3n) is 2.81. The summed E-state index contributed by atoms with van der Waals surface area (Å²) >= 11 is 0. The molecule has 7 nitrogen and oxygen atoms in total. The normalized spacial score (nSPS) is 14.4. The maximum atomic E-state index is 12.2. The second-order valence-electron chi connectivity index (χ2n) is 5.73. The molecule has 7 heteroatoms. The highest BCUT2D eigenvalue weighted by Crippen LogP contribution is 2.15. The minimum absolute atomic E-state index is 0.0410. The quantitative estimate of drug-likeness (QED) is 0.793. The molecule has 0 aliphatic heterocycles. The molecule has 0 bridgehead atoms. The number of carbonyl (C=O) groups excluding carboxylic acids is 2. The monoisotopic (exact) mass is 282 g/mol. The van der Waals surface area contributed by atoms with Crippen LogP contribution in [0.15, 0.2) is 6.20 Å². The van der Waals surface area contributed by atoms with Gasteiger partial charge in [-0.2, -0.15) is 15.4 Å². The van der Waals surface area contributed by atoms with Gasteiger partial charge in [-0.3, -0.25) is 4.79 Å². The van der Waals surface area contributed by atoms with Crippen molar-refractivity contribution in [3.05, 3.63) is 11.9 Å². The molecule has 1 rings (SSSR count). The lowest BCUT2D eigenvalue weighted by molar-refractivity contribution is -0.158. The molecule has 1 aromatic rings. The van der Waals surface area contributed by atoms with Gasteiger partial charge in [0.2, 0.25) is 0 Å². The Morgan fingerprint density at radius 1 is 1.45 bits per heavy atom. The molecule has 2 N–H and O–H groups in total. The summed E-state index contributed by atoms with van der Waals surface area (Å²) in [7, 11) is 0. The smallest absolute Gasteiger partial charge is 0.329 e. The molecule has 1 amide bonds. The van der Waals surface area contributed by atoms with Crippen LogP contribution in [0.25, 0.3) is 0 Å². The minimum atomic E-state index is -0.705. The zero-order valence-corrected chi connectivity index (χ0v) is 12.6. The summed E-state index contributed by atoms with van der Waals surface area (Å²) in [5, 5.41) is 12.3. The summed E-state index contributed by atoms with van der Waals surface area (Å²) in [6, 6.07) is -0.705. The number of aromatic amines is 1. The van der Waals surface area contributed by atoms with Crippen LogP contribution in [0, 0.1) is 5.92 Å². The van der Waals surface area contributed by atoms with Crippen LogP contribution in [0.4, 0.5) is 0 Å². The number of aromatic nitrogens is 3. The van der Waals surface area contributed by atoms with Crippen molar-refractivity contribution in [1.82, 2.24) is 20.7 Å². The Hall–Kier alpha value is -1.92. The average molecular weight is 282 g/mol. The first kappa shape index (κ1) is 16.1. The highest BCUT2D eigenvalue weighted by atomic mass is 16.6. The minimum Gasteiger partial charge on any atom is -0.458 e. The van der Waals surface area contributed by atoms with E-state index in [0.717, 1.165) is 6.42 Å². The highest BCUT2D eigenvalue weighted by molar-refractivity contribution is 5.94. The largest absolute Gasteiger partial charge is 0.458 e. The van der Waals surface area contributed by atoms with E-state index >= 15 is 0 Å². The molecular formula is C13H22N4O3. The van der Waals surface area contributed by atoms with Crippen molar-refractivity contribution in [3.63, 3.8) is 0 Å². The molecule has 0 radical (unpaired) electrons. The van der Waals surface area contributed by atoms with Gasteiger partial charge in [-0.25, -0.2) is 4.79 Å². The molecule has 1 heterocycles. The van der Waals surface area contributed by atoms with Crippen molar-refractivity contribution in [2.75, 3.05) is 0 Å². The molecule has 112 valence electrons. The van der Waals surface area contributed by atoms with Gasteiger partial charge in [0.25, 0.3) is 5.91 Å². The lowest BCUT2D eigenvalue weighted by Crippen LogP contribution is -2.47. The molecule has 0 aliphatic rings. The van der Waals surface area contributed by atoms with E-state index in [2.05, 4.69) is 20.7 Å². The van der Waals surface area contributed by atoms with Crippen LogP contribution in [0.2, 0.25) is 0 Å². The van der Waals surface area contributed by atoms with Crippen LogP contribution in [0.5, 0.6) is 0 Å². The lowest BCUT2D eigenvalue weighted by atomic mass is 9.98. The first-order chi connectivity index (χ1) is 9.24. The van der Waals surface area contributed by atoms with Crippen LogP contribution in [0.3, 0.4) is 0 Å². The Balaban J connectivity index is 2.79. The number of hydrogen-bond acceptors (Lipinski definition) is 5. The van der Waals surface area contributed by atoms with Gasteiger partial charge in [-0.1, -0.05) is 20.3 Å². The number of nitrogens with zero attached hydrogens (tertiary/aromatic N) is 2.